The molecule has 0 bridgehead atoms. The van der Waals surface area contributed by atoms with Crippen LogP contribution in [0.4, 0.5) is 0 Å². The lowest BCUT2D eigenvalue weighted by molar-refractivity contribution is -0.137. The van der Waals surface area contributed by atoms with E-state index in [-0.39, 0.29) is 18.7 Å². The van der Waals surface area contributed by atoms with Crippen molar-refractivity contribution in [1.82, 2.24) is 10.2 Å². The number of rotatable bonds is 5. The van der Waals surface area contributed by atoms with Gasteiger partial charge in [-0.2, -0.15) is 0 Å². The zero-order chi connectivity index (χ0) is 12.3. The van der Waals surface area contributed by atoms with Gasteiger partial charge in [0, 0.05) is 13.0 Å². The van der Waals surface area contributed by atoms with E-state index in [4.69, 9.17) is 17.3 Å². The molecule has 0 aromatic carbocycles. The van der Waals surface area contributed by atoms with Gasteiger partial charge in [0.2, 0.25) is 0 Å². The van der Waals surface area contributed by atoms with E-state index in [0.29, 0.717) is 17.6 Å². The van der Waals surface area contributed by atoms with Crippen LogP contribution >= 0.6 is 12.2 Å². The van der Waals surface area contributed by atoms with Gasteiger partial charge in [0.15, 0.2) is 5.11 Å². The SMILES string of the molecule is CC(C)CN1C(=O)C(CCC(=O)O)NC1=S. The smallest absolute Gasteiger partial charge is 0.303 e. The van der Waals surface area contributed by atoms with E-state index >= 15 is 0 Å². The van der Waals surface area contributed by atoms with Crippen molar-refractivity contribution in [2.24, 2.45) is 5.92 Å². The second kappa shape index (κ2) is 5.25. The summed E-state index contributed by atoms with van der Waals surface area (Å²) in [5.41, 5.74) is 0. The van der Waals surface area contributed by atoms with Crippen molar-refractivity contribution in [2.75, 3.05) is 6.54 Å². The summed E-state index contributed by atoms with van der Waals surface area (Å²) >= 11 is 5.04. The first-order valence-corrected chi connectivity index (χ1v) is 5.66. The van der Waals surface area contributed by atoms with E-state index in [9.17, 15) is 9.59 Å². The molecule has 0 aromatic rings. The first-order valence-electron chi connectivity index (χ1n) is 5.25. The molecule has 1 aliphatic rings. The minimum Gasteiger partial charge on any atom is -0.481 e. The van der Waals surface area contributed by atoms with Crippen LogP contribution < -0.4 is 5.32 Å². The van der Waals surface area contributed by atoms with Gasteiger partial charge in [-0.1, -0.05) is 13.8 Å². The minimum atomic E-state index is -0.900. The fourth-order valence-corrected chi connectivity index (χ4v) is 1.89. The topological polar surface area (TPSA) is 69.6 Å². The number of hydrogen-bond acceptors (Lipinski definition) is 3. The average Bonchev–Trinajstić information content (AvgIpc) is 2.42. The van der Waals surface area contributed by atoms with Gasteiger partial charge >= 0.3 is 5.97 Å². The van der Waals surface area contributed by atoms with Gasteiger partial charge in [0.05, 0.1) is 0 Å². The number of nitrogens with one attached hydrogen (secondary N) is 1. The molecular formula is C10H16N2O3S. The number of carbonyl (C=O) groups excluding carboxylic acids is 1. The highest BCUT2D eigenvalue weighted by molar-refractivity contribution is 7.80. The molecule has 1 atom stereocenters. The van der Waals surface area contributed by atoms with E-state index in [1.165, 1.54) is 4.90 Å². The van der Waals surface area contributed by atoms with Gasteiger partial charge in [0.1, 0.15) is 6.04 Å². The Hall–Kier alpha value is -1.17. The van der Waals surface area contributed by atoms with Crippen molar-refractivity contribution in [1.29, 1.82) is 0 Å². The lowest BCUT2D eigenvalue weighted by atomic mass is 10.1. The largest absolute Gasteiger partial charge is 0.481 e. The zero-order valence-electron chi connectivity index (χ0n) is 9.40. The maximum Gasteiger partial charge on any atom is 0.303 e. The Kier molecular flexibility index (Phi) is 4.23. The van der Waals surface area contributed by atoms with Gasteiger partial charge < -0.3 is 10.4 Å². The summed E-state index contributed by atoms with van der Waals surface area (Å²) in [6.07, 6.45) is 0.254. The number of carboxylic acid groups (broad SMARTS) is 1. The van der Waals surface area contributed by atoms with E-state index in [0.717, 1.165) is 0 Å². The first-order chi connectivity index (χ1) is 7.41. The first kappa shape index (κ1) is 12.9. The Labute approximate surface area is 99.8 Å². The average molecular weight is 244 g/mol. The Balaban J connectivity index is 2.56. The molecule has 1 rings (SSSR count). The molecule has 5 nitrogen and oxygen atoms in total. The monoisotopic (exact) mass is 244 g/mol. The molecule has 0 radical (unpaired) electrons. The summed E-state index contributed by atoms with van der Waals surface area (Å²) in [5.74, 6) is -0.676. The van der Waals surface area contributed by atoms with Gasteiger partial charge in [-0.05, 0) is 24.6 Å². The highest BCUT2D eigenvalue weighted by Gasteiger charge is 2.35. The molecule has 1 unspecified atom stereocenters. The number of carbonyl (C=O) groups is 2. The zero-order valence-corrected chi connectivity index (χ0v) is 10.2. The van der Waals surface area contributed by atoms with E-state index in [1.807, 2.05) is 13.8 Å². The van der Waals surface area contributed by atoms with Crippen molar-refractivity contribution < 1.29 is 14.7 Å². The fourth-order valence-electron chi connectivity index (χ4n) is 1.58. The quantitative estimate of drug-likeness (QED) is 0.693. The van der Waals surface area contributed by atoms with Gasteiger partial charge in [-0.3, -0.25) is 14.5 Å². The van der Waals surface area contributed by atoms with E-state index in [2.05, 4.69) is 5.32 Å². The van der Waals surface area contributed by atoms with Crippen molar-refractivity contribution >= 4 is 29.2 Å². The van der Waals surface area contributed by atoms with Crippen LogP contribution in [-0.2, 0) is 9.59 Å². The number of aliphatic carboxylic acids is 1. The lowest BCUT2D eigenvalue weighted by Gasteiger charge is -2.16. The van der Waals surface area contributed by atoms with Gasteiger partial charge in [0.25, 0.3) is 5.91 Å². The molecule has 16 heavy (non-hydrogen) atoms. The Bertz CT molecular complexity index is 317. The minimum absolute atomic E-state index is 0.0263. The molecule has 0 aliphatic carbocycles. The number of amides is 1. The molecule has 1 heterocycles. The van der Waals surface area contributed by atoms with Crippen LogP contribution in [0.5, 0.6) is 0 Å². The molecule has 90 valence electrons. The van der Waals surface area contributed by atoms with Crippen LogP contribution in [0.25, 0.3) is 0 Å². The second-order valence-electron chi connectivity index (χ2n) is 4.28. The molecule has 0 spiro atoms. The number of carboxylic acids is 1. The number of thiocarbonyl (C=S) groups is 1. The van der Waals surface area contributed by atoms with Gasteiger partial charge in [-0.25, -0.2) is 0 Å². The normalized spacial score (nSPS) is 20.4. The highest BCUT2D eigenvalue weighted by atomic mass is 32.1. The molecule has 1 saturated heterocycles. The van der Waals surface area contributed by atoms with Crippen LogP contribution in [0.15, 0.2) is 0 Å². The van der Waals surface area contributed by atoms with E-state index in [1.54, 1.807) is 0 Å². The van der Waals surface area contributed by atoms with Crippen LogP contribution in [-0.4, -0.2) is 39.6 Å². The fraction of sp³-hybridized carbons (Fsp3) is 0.700. The number of hydrogen-bond donors (Lipinski definition) is 2. The summed E-state index contributed by atoms with van der Waals surface area (Å²) in [6, 6.07) is -0.470. The van der Waals surface area contributed by atoms with Crippen molar-refractivity contribution in [2.45, 2.75) is 32.7 Å². The summed E-state index contributed by atoms with van der Waals surface area (Å²) in [4.78, 5) is 23.8. The third kappa shape index (κ3) is 3.16. The third-order valence-corrected chi connectivity index (χ3v) is 2.64. The standard InChI is InChI=1S/C10H16N2O3S/c1-6(2)5-12-9(15)7(11-10(12)16)3-4-8(13)14/h6-7H,3-5H2,1-2H3,(H,11,16)(H,13,14). The predicted molar refractivity (Wildman–Crippen MR) is 62.9 cm³/mol. The molecule has 0 saturated carbocycles. The number of nitrogens with zero attached hydrogens (tertiary/aromatic N) is 1. The second-order valence-corrected chi connectivity index (χ2v) is 4.66. The summed E-state index contributed by atoms with van der Waals surface area (Å²) in [5, 5.41) is 11.8. The van der Waals surface area contributed by atoms with Crippen LogP contribution in [0.2, 0.25) is 0 Å². The van der Waals surface area contributed by atoms with Crippen molar-refractivity contribution in [3.05, 3.63) is 0 Å². The summed E-state index contributed by atoms with van der Waals surface area (Å²) in [7, 11) is 0. The molecule has 1 fully saturated rings. The molecule has 1 amide bonds. The van der Waals surface area contributed by atoms with Crippen molar-refractivity contribution in [3.63, 3.8) is 0 Å². The summed E-state index contributed by atoms with van der Waals surface area (Å²) in [6.45, 7) is 4.58. The van der Waals surface area contributed by atoms with Crippen molar-refractivity contribution in [3.8, 4) is 0 Å². The molecule has 0 aromatic heterocycles. The Morgan fingerprint density at radius 1 is 1.62 bits per heavy atom. The molecule has 1 aliphatic heterocycles. The Morgan fingerprint density at radius 3 is 2.75 bits per heavy atom. The maximum absolute atomic E-state index is 11.8. The predicted octanol–water partition coefficient (Wildman–Crippen LogP) is 0.592. The van der Waals surface area contributed by atoms with Crippen LogP contribution in [0.3, 0.4) is 0 Å². The van der Waals surface area contributed by atoms with Gasteiger partial charge in [-0.15, -0.1) is 0 Å². The summed E-state index contributed by atoms with van der Waals surface area (Å²) < 4.78 is 0. The Morgan fingerprint density at radius 2 is 2.25 bits per heavy atom. The molecule has 6 heteroatoms. The highest BCUT2D eigenvalue weighted by Crippen LogP contribution is 2.13. The van der Waals surface area contributed by atoms with Crippen LogP contribution in [0, 0.1) is 5.92 Å². The van der Waals surface area contributed by atoms with Crippen LogP contribution in [0.1, 0.15) is 26.7 Å². The lowest BCUT2D eigenvalue weighted by Crippen LogP contribution is -2.34. The maximum atomic E-state index is 11.8. The third-order valence-electron chi connectivity index (χ3n) is 2.30. The van der Waals surface area contributed by atoms with E-state index < -0.39 is 12.0 Å². The molecular weight excluding hydrogens is 228 g/mol. The molecule has 2 N–H and O–H groups in total.